The fourth-order valence-corrected chi connectivity index (χ4v) is 3.83. The van der Waals surface area contributed by atoms with Crippen molar-refractivity contribution in [2.45, 2.75) is 32.9 Å². The Hall–Kier alpha value is -2.12. The van der Waals surface area contributed by atoms with Gasteiger partial charge in [-0.3, -0.25) is 4.79 Å². The Morgan fingerprint density at radius 1 is 1.41 bits per heavy atom. The third-order valence-electron chi connectivity index (χ3n) is 3.54. The van der Waals surface area contributed by atoms with E-state index < -0.39 is 14.5 Å². The second-order valence-electron chi connectivity index (χ2n) is 6.42. The van der Waals surface area contributed by atoms with Gasteiger partial charge in [-0.2, -0.15) is 0 Å². The van der Waals surface area contributed by atoms with Crippen LogP contribution in [-0.4, -0.2) is 34.8 Å². The standard InChI is InChI=1S/C15H19N3O3Si/c1-9(19)17-12-5-10-6-13-11(7-14(10)21-15(12)20)16-8-18(13)22(2,3)4/h5-8,15,20H,1-4H3,(H,17,19). The van der Waals surface area contributed by atoms with Gasteiger partial charge in [0.15, 0.2) is 8.24 Å². The molecular weight excluding hydrogens is 298 g/mol. The van der Waals surface area contributed by atoms with Crippen molar-refractivity contribution in [3.05, 3.63) is 29.7 Å². The minimum absolute atomic E-state index is 0.245. The highest BCUT2D eigenvalue weighted by atomic mass is 28.3. The number of aliphatic hydroxyl groups excluding tert-OH is 1. The van der Waals surface area contributed by atoms with Gasteiger partial charge in [-0.05, 0) is 12.1 Å². The molecule has 2 N–H and O–H groups in total. The minimum Gasteiger partial charge on any atom is -0.458 e. The number of nitrogens with one attached hydrogen (secondary N) is 1. The van der Waals surface area contributed by atoms with Gasteiger partial charge in [0.05, 0.1) is 23.1 Å². The van der Waals surface area contributed by atoms with Crippen LogP contribution in [0.3, 0.4) is 0 Å². The molecule has 7 heteroatoms. The Labute approximate surface area is 129 Å². The number of aromatic nitrogens is 2. The van der Waals surface area contributed by atoms with Gasteiger partial charge in [0.1, 0.15) is 5.75 Å². The number of fused-ring (bicyclic) bond motifs is 2. The molecule has 0 saturated carbocycles. The van der Waals surface area contributed by atoms with Crippen LogP contribution in [0.15, 0.2) is 24.2 Å². The number of benzene rings is 1. The van der Waals surface area contributed by atoms with Crippen molar-refractivity contribution >= 4 is 31.3 Å². The zero-order valence-electron chi connectivity index (χ0n) is 13.0. The summed E-state index contributed by atoms with van der Waals surface area (Å²) in [5.74, 6) is 0.320. The molecule has 1 aromatic carbocycles. The summed E-state index contributed by atoms with van der Waals surface area (Å²) in [6.07, 6.45) is 2.43. The number of hydrogen-bond donors (Lipinski definition) is 2. The predicted octanol–water partition coefficient (Wildman–Crippen LogP) is 1.91. The van der Waals surface area contributed by atoms with Gasteiger partial charge < -0.3 is 19.4 Å². The molecule has 116 valence electrons. The van der Waals surface area contributed by atoms with E-state index in [2.05, 4.69) is 34.2 Å². The lowest BCUT2D eigenvalue weighted by Crippen LogP contribution is -2.33. The third kappa shape index (κ3) is 2.53. The zero-order valence-corrected chi connectivity index (χ0v) is 14.0. The van der Waals surface area contributed by atoms with E-state index in [1.165, 1.54) is 6.92 Å². The molecule has 0 spiro atoms. The summed E-state index contributed by atoms with van der Waals surface area (Å²) in [6, 6.07) is 3.81. The van der Waals surface area contributed by atoms with Crippen LogP contribution in [0.5, 0.6) is 5.75 Å². The van der Waals surface area contributed by atoms with Crippen molar-refractivity contribution < 1.29 is 14.6 Å². The molecule has 22 heavy (non-hydrogen) atoms. The summed E-state index contributed by atoms with van der Waals surface area (Å²) in [6.45, 7) is 8.12. The number of ether oxygens (including phenoxy) is 1. The maximum absolute atomic E-state index is 11.2. The molecule has 3 rings (SSSR count). The monoisotopic (exact) mass is 317 g/mol. The Bertz CT molecular complexity index is 789. The molecule has 1 aliphatic heterocycles. The average molecular weight is 317 g/mol. The number of amides is 1. The predicted molar refractivity (Wildman–Crippen MR) is 86.9 cm³/mol. The summed E-state index contributed by atoms with van der Waals surface area (Å²) >= 11 is 0. The quantitative estimate of drug-likeness (QED) is 0.830. The van der Waals surface area contributed by atoms with Crippen LogP contribution in [0.1, 0.15) is 12.5 Å². The van der Waals surface area contributed by atoms with Gasteiger partial charge in [0.2, 0.25) is 12.2 Å². The number of carbonyl (C=O) groups is 1. The summed E-state index contributed by atoms with van der Waals surface area (Å²) in [7, 11) is -1.57. The molecule has 1 atom stereocenters. The van der Waals surface area contributed by atoms with Crippen LogP contribution in [0.2, 0.25) is 19.6 Å². The van der Waals surface area contributed by atoms with Crippen molar-refractivity contribution in [1.82, 2.24) is 14.5 Å². The van der Waals surface area contributed by atoms with Crippen LogP contribution >= 0.6 is 0 Å². The van der Waals surface area contributed by atoms with Gasteiger partial charge in [-0.15, -0.1) is 0 Å². The molecule has 6 nitrogen and oxygen atoms in total. The fraction of sp³-hybridized carbons (Fsp3) is 0.333. The van der Waals surface area contributed by atoms with E-state index in [1.54, 1.807) is 6.08 Å². The first kappa shape index (κ1) is 14.8. The van der Waals surface area contributed by atoms with Gasteiger partial charge in [0, 0.05) is 18.6 Å². The first-order valence-electron chi connectivity index (χ1n) is 7.11. The van der Waals surface area contributed by atoms with Gasteiger partial charge in [-0.25, -0.2) is 4.98 Å². The summed E-state index contributed by atoms with van der Waals surface area (Å²) in [4.78, 5) is 15.6. The molecule has 2 heterocycles. The molecule has 1 unspecified atom stereocenters. The van der Waals surface area contributed by atoms with E-state index >= 15 is 0 Å². The average Bonchev–Trinajstić information content (AvgIpc) is 2.79. The third-order valence-corrected chi connectivity index (χ3v) is 5.34. The lowest BCUT2D eigenvalue weighted by molar-refractivity contribution is -0.119. The van der Waals surface area contributed by atoms with Crippen molar-refractivity contribution in [1.29, 1.82) is 0 Å². The first-order valence-corrected chi connectivity index (χ1v) is 10.6. The lowest BCUT2D eigenvalue weighted by atomic mass is 10.1. The van der Waals surface area contributed by atoms with E-state index in [9.17, 15) is 9.90 Å². The van der Waals surface area contributed by atoms with E-state index in [0.717, 1.165) is 16.6 Å². The first-order chi connectivity index (χ1) is 10.3. The smallest absolute Gasteiger partial charge is 0.239 e. The van der Waals surface area contributed by atoms with E-state index in [4.69, 9.17) is 4.74 Å². The second kappa shape index (κ2) is 4.96. The highest BCUT2D eigenvalue weighted by Crippen LogP contribution is 2.32. The number of nitrogens with zero attached hydrogens (tertiary/aromatic N) is 2. The van der Waals surface area contributed by atoms with Crippen molar-refractivity contribution in [2.75, 3.05) is 0 Å². The largest absolute Gasteiger partial charge is 0.458 e. The summed E-state index contributed by atoms with van der Waals surface area (Å²) < 4.78 is 7.70. The maximum atomic E-state index is 11.2. The second-order valence-corrected chi connectivity index (χ2v) is 11.2. The molecule has 1 amide bonds. The van der Waals surface area contributed by atoms with Gasteiger partial charge in [0.25, 0.3) is 0 Å². The van der Waals surface area contributed by atoms with Crippen LogP contribution in [0.4, 0.5) is 0 Å². The Kier molecular flexibility index (Phi) is 3.34. The molecule has 0 saturated heterocycles. The SMILES string of the molecule is CC(=O)NC1=Cc2cc3c(cc2OC1O)ncn3[Si](C)(C)C. The molecule has 2 aromatic rings. The van der Waals surface area contributed by atoms with Crippen LogP contribution in [-0.2, 0) is 4.79 Å². The van der Waals surface area contributed by atoms with Gasteiger partial charge in [-0.1, -0.05) is 19.6 Å². The lowest BCUT2D eigenvalue weighted by Gasteiger charge is -2.24. The summed E-state index contributed by atoms with van der Waals surface area (Å²) in [5.41, 5.74) is 3.04. The highest BCUT2D eigenvalue weighted by molar-refractivity contribution is 6.75. The molecule has 1 aromatic heterocycles. The van der Waals surface area contributed by atoms with E-state index in [0.29, 0.717) is 11.4 Å². The fourth-order valence-electron chi connectivity index (χ4n) is 2.53. The molecule has 0 radical (unpaired) electrons. The molecule has 1 aliphatic rings. The minimum atomic E-state index is -1.57. The Morgan fingerprint density at radius 2 is 2.14 bits per heavy atom. The van der Waals surface area contributed by atoms with Crippen LogP contribution < -0.4 is 10.1 Å². The number of aliphatic hydroxyl groups is 1. The normalized spacial score (nSPS) is 17.7. The highest BCUT2D eigenvalue weighted by Gasteiger charge is 2.24. The number of carbonyl (C=O) groups excluding carboxylic acids is 1. The zero-order chi connectivity index (χ0) is 16.1. The maximum Gasteiger partial charge on any atom is 0.239 e. The molecule has 0 fully saturated rings. The van der Waals surface area contributed by atoms with Crippen molar-refractivity contribution in [2.24, 2.45) is 0 Å². The number of hydrogen-bond acceptors (Lipinski definition) is 4. The molecule has 0 aliphatic carbocycles. The topological polar surface area (TPSA) is 76.4 Å². The Balaban J connectivity index is 2.14. The van der Waals surface area contributed by atoms with Crippen molar-refractivity contribution in [3.63, 3.8) is 0 Å². The van der Waals surface area contributed by atoms with Crippen LogP contribution in [0, 0.1) is 0 Å². The molecule has 0 bridgehead atoms. The Morgan fingerprint density at radius 3 is 2.77 bits per heavy atom. The van der Waals surface area contributed by atoms with E-state index in [-0.39, 0.29) is 5.91 Å². The number of imidazole rings is 1. The van der Waals surface area contributed by atoms with Gasteiger partial charge >= 0.3 is 0 Å². The van der Waals surface area contributed by atoms with E-state index in [1.807, 2.05) is 18.5 Å². The van der Waals surface area contributed by atoms with Crippen LogP contribution in [0.25, 0.3) is 17.1 Å². The molecular formula is C15H19N3O3Si. The number of rotatable bonds is 2. The van der Waals surface area contributed by atoms with Crippen molar-refractivity contribution in [3.8, 4) is 5.75 Å². The summed E-state index contributed by atoms with van der Waals surface area (Å²) in [5, 5.41) is 12.5.